The third-order valence-electron chi connectivity index (χ3n) is 2.07. The van der Waals surface area contributed by atoms with E-state index in [1.807, 2.05) is 33.8 Å². The van der Waals surface area contributed by atoms with E-state index in [-0.39, 0.29) is 10.8 Å². The molecular weight excluding hydrogens is 288 g/mol. The minimum absolute atomic E-state index is 0.0186. The van der Waals surface area contributed by atoms with E-state index in [1.54, 1.807) is 12.4 Å². The Bertz CT molecular complexity index is 390. The second kappa shape index (κ2) is 5.38. The maximum atomic E-state index is 11.9. The fourth-order valence-corrected chi connectivity index (χ4v) is 2.26. The third-order valence-corrected chi connectivity index (χ3v) is 4.18. The second-order valence-corrected chi connectivity index (χ2v) is 7.57. The van der Waals surface area contributed by atoms with Crippen molar-refractivity contribution in [1.82, 2.24) is 9.71 Å². The number of halogens is 1. The summed E-state index contributed by atoms with van der Waals surface area (Å²) in [4.78, 5) is 4.09. The molecule has 1 unspecified atom stereocenters. The predicted molar refractivity (Wildman–Crippen MR) is 71.4 cm³/mol. The number of nitrogens with zero attached hydrogens (tertiary/aromatic N) is 1. The molecule has 0 saturated heterocycles. The van der Waals surface area contributed by atoms with Crippen LogP contribution in [0.15, 0.2) is 22.9 Å². The summed E-state index contributed by atoms with van der Waals surface area (Å²) < 4.78 is 15.7. The van der Waals surface area contributed by atoms with Crippen LogP contribution >= 0.6 is 15.9 Å². The average molecular weight is 305 g/mol. The Kier molecular flexibility index (Phi) is 4.64. The fourth-order valence-electron chi connectivity index (χ4n) is 1.07. The summed E-state index contributed by atoms with van der Waals surface area (Å²) in [5.74, 6) is 0. The van der Waals surface area contributed by atoms with Crippen molar-refractivity contribution in [3.8, 4) is 0 Å². The molecule has 0 aliphatic rings. The molecule has 90 valence electrons. The number of pyridine rings is 1. The van der Waals surface area contributed by atoms with Gasteiger partial charge in [-0.05, 0) is 55.3 Å². The molecule has 0 aliphatic heterocycles. The molecule has 3 nitrogen and oxygen atoms in total. The van der Waals surface area contributed by atoms with E-state index >= 15 is 0 Å². The predicted octanol–water partition coefficient (Wildman–Crippen LogP) is 2.96. The van der Waals surface area contributed by atoms with Crippen molar-refractivity contribution in [3.05, 3.63) is 28.5 Å². The lowest BCUT2D eigenvalue weighted by Gasteiger charge is -2.22. The lowest BCUT2D eigenvalue weighted by molar-refractivity contribution is 0.615. The summed E-state index contributed by atoms with van der Waals surface area (Å²) in [7, 11) is -1.07. The Morgan fingerprint density at radius 3 is 2.56 bits per heavy atom. The summed E-state index contributed by atoms with van der Waals surface area (Å²) in [6.07, 6.45) is 3.51. The van der Waals surface area contributed by atoms with E-state index in [0.29, 0.717) is 0 Å². The average Bonchev–Trinajstić information content (AvgIpc) is 2.16. The molecule has 5 heteroatoms. The van der Waals surface area contributed by atoms with Crippen LogP contribution in [-0.2, 0) is 11.0 Å². The maximum absolute atomic E-state index is 11.9. The highest BCUT2D eigenvalue weighted by Gasteiger charge is 2.21. The number of nitrogens with one attached hydrogen (secondary N) is 1. The van der Waals surface area contributed by atoms with Crippen LogP contribution in [0, 0.1) is 0 Å². The Hall–Kier alpha value is -0.260. The highest BCUT2D eigenvalue weighted by molar-refractivity contribution is 9.10. The number of aromatic nitrogens is 1. The lowest BCUT2D eigenvalue weighted by atomic mass is 10.2. The van der Waals surface area contributed by atoms with E-state index in [1.165, 1.54) is 0 Å². The van der Waals surface area contributed by atoms with Crippen LogP contribution in [0.4, 0.5) is 0 Å². The van der Waals surface area contributed by atoms with Gasteiger partial charge in [0.1, 0.15) is 0 Å². The van der Waals surface area contributed by atoms with Crippen molar-refractivity contribution in [3.63, 3.8) is 0 Å². The largest absolute Gasteiger partial charge is 0.263 e. The van der Waals surface area contributed by atoms with E-state index in [4.69, 9.17) is 0 Å². The van der Waals surface area contributed by atoms with Gasteiger partial charge in [0.25, 0.3) is 0 Å². The zero-order chi connectivity index (χ0) is 12.3. The molecule has 2 atom stereocenters. The molecule has 0 saturated carbocycles. The van der Waals surface area contributed by atoms with Gasteiger partial charge in [0.05, 0.1) is 15.7 Å². The molecule has 0 radical (unpaired) electrons. The van der Waals surface area contributed by atoms with Crippen LogP contribution in [0.25, 0.3) is 0 Å². The number of hydrogen-bond acceptors (Lipinski definition) is 2. The second-order valence-electron chi connectivity index (χ2n) is 4.66. The number of rotatable bonds is 3. The first-order chi connectivity index (χ1) is 7.30. The molecule has 0 aromatic carbocycles. The van der Waals surface area contributed by atoms with Crippen LogP contribution in [0.2, 0.25) is 0 Å². The van der Waals surface area contributed by atoms with Crippen molar-refractivity contribution in [2.75, 3.05) is 0 Å². The van der Waals surface area contributed by atoms with Crippen LogP contribution in [-0.4, -0.2) is 13.9 Å². The van der Waals surface area contributed by atoms with Crippen molar-refractivity contribution < 1.29 is 4.21 Å². The molecular formula is C11H17BrN2OS. The van der Waals surface area contributed by atoms with Gasteiger partial charge in [-0.15, -0.1) is 0 Å². The van der Waals surface area contributed by atoms with Gasteiger partial charge in [-0.1, -0.05) is 0 Å². The van der Waals surface area contributed by atoms with E-state index < -0.39 is 11.0 Å². The van der Waals surface area contributed by atoms with Gasteiger partial charge in [-0.3, -0.25) is 4.98 Å². The molecule has 1 N–H and O–H groups in total. The van der Waals surface area contributed by atoms with Gasteiger partial charge >= 0.3 is 0 Å². The Morgan fingerprint density at radius 1 is 1.44 bits per heavy atom. The van der Waals surface area contributed by atoms with Crippen LogP contribution in [0.5, 0.6) is 0 Å². The molecule has 16 heavy (non-hydrogen) atoms. The standard InChI is InChI=1S/C11H17BrN2OS/c1-8(14-16(15)11(2,3)4)9-5-10(12)7-13-6-9/h5-8,14H,1-4H3/t8-,16?/m0/s1. The smallest absolute Gasteiger partial charge is 0.0975 e. The maximum Gasteiger partial charge on any atom is 0.0975 e. The summed E-state index contributed by atoms with van der Waals surface area (Å²) in [6, 6.07) is 2.00. The molecule has 0 bridgehead atoms. The van der Waals surface area contributed by atoms with Crippen LogP contribution in [0.1, 0.15) is 39.3 Å². The summed E-state index contributed by atoms with van der Waals surface area (Å²) in [6.45, 7) is 7.82. The van der Waals surface area contributed by atoms with Gasteiger partial charge in [0.15, 0.2) is 0 Å². The first-order valence-electron chi connectivity index (χ1n) is 5.09. The van der Waals surface area contributed by atoms with Gasteiger partial charge in [-0.2, -0.15) is 0 Å². The highest BCUT2D eigenvalue weighted by atomic mass is 79.9. The van der Waals surface area contributed by atoms with Gasteiger partial charge in [0.2, 0.25) is 0 Å². The molecule has 1 heterocycles. The molecule has 0 aliphatic carbocycles. The minimum Gasteiger partial charge on any atom is -0.263 e. The summed E-state index contributed by atoms with van der Waals surface area (Å²) >= 11 is 3.37. The Balaban J connectivity index is 2.73. The topological polar surface area (TPSA) is 42.0 Å². The summed E-state index contributed by atoms with van der Waals surface area (Å²) in [5, 5.41) is 0. The molecule has 0 fully saturated rings. The van der Waals surface area contributed by atoms with Gasteiger partial charge in [-0.25, -0.2) is 8.93 Å². The van der Waals surface area contributed by atoms with Crippen LogP contribution in [0.3, 0.4) is 0 Å². The first kappa shape index (κ1) is 13.8. The SMILES string of the molecule is C[C@H](NS(=O)C(C)(C)C)c1cncc(Br)c1. The Morgan fingerprint density at radius 2 is 2.06 bits per heavy atom. The van der Waals surface area contributed by atoms with E-state index in [0.717, 1.165) is 10.0 Å². The fraction of sp³-hybridized carbons (Fsp3) is 0.545. The van der Waals surface area contributed by atoms with Crippen LogP contribution < -0.4 is 4.72 Å². The molecule has 1 aromatic rings. The molecule has 1 aromatic heterocycles. The zero-order valence-corrected chi connectivity index (χ0v) is 12.4. The normalized spacial score (nSPS) is 15.8. The van der Waals surface area contributed by atoms with E-state index in [9.17, 15) is 4.21 Å². The third kappa shape index (κ3) is 3.96. The molecule has 0 spiro atoms. The molecule has 0 amide bonds. The summed E-state index contributed by atoms with van der Waals surface area (Å²) in [5.41, 5.74) is 1.02. The highest BCUT2D eigenvalue weighted by Crippen LogP contribution is 2.18. The van der Waals surface area contributed by atoms with Crippen molar-refractivity contribution in [2.24, 2.45) is 0 Å². The monoisotopic (exact) mass is 304 g/mol. The Labute approximate surface area is 108 Å². The van der Waals surface area contributed by atoms with E-state index in [2.05, 4.69) is 25.6 Å². The first-order valence-corrected chi connectivity index (χ1v) is 7.03. The van der Waals surface area contributed by atoms with Crippen molar-refractivity contribution in [2.45, 2.75) is 38.5 Å². The van der Waals surface area contributed by atoms with Crippen molar-refractivity contribution >= 4 is 26.9 Å². The number of hydrogen-bond donors (Lipinski definition) is 1. The zero-order valence-electron chi connectivity index (χ0n) is 9.95. The van der Waals surface area contributed by atoms with Crippen molar-refractivity contribution in [1.29, 1.82) is 0 Å². The lowest BCUT2D eigenvalue weighted by Crippen LogP contribution is -2.34. The quantitative estimate of drug-likeness (QED) is 0.933. The van der Waals surface area contributed by atoms with Gasteiger partial charge < -0.3 is 0 Å². The van der Waals surface area contributed by atoms with Gasteiger partial charge in [0, 0.05) is 22.9 Å². The molecule has 1 rings (SSSR count). The minimum atomic E-state index is -1.07.